The maximum Gasteiger partial charge on any atom is 0.330 e. The van der Waals surface area contributed by atoms with Gasteiger partial charge in [-0.15, -0.1) is 11.6 Å². The number of rotatable bonds is 6. The van der Waals surface area contributed by atoms with E-state index < -0.39 is 16.9 Å². The van der Waals surface area contributed by atoms with Gasteiger partial charge in [0.1, 0.15) is 16.1 Å². The smallest absolute Gasteiger partial charge is 0.330 e. The van der Waals surface area contributed by atoms with Gasteiger partial charge in [-0.05, 0) is 25.0 Å². The topological polar surface area (TPSA) is 38.7 Å². The van der Waals surface area contributed by atoms with Crippen molar-refractivity contribution in [3.63, 3.8) is 0 Å². The Labute approximate surface area is 152 Å². The fourth-order valence-electron chi connectivity index (χ4n) is 2.32. The largest absolute Gasteiger partial charge is 0.464 e. The van der Waals surface area contributed by atoms with Crippen molar-refractivity contribution < 1.29 is 9.53 Å². The molecule has 0 aliphatic heterocycles. The van der Waals surface area contributed by atoms with Crippen LogP contribution < -0.4 is 0 Å². The van der Waals surface area contributed by atoms with E-state index in [4.69, 9.17) is 27.9 Å². The molecule has 0 fully saturated rings. The maximum absolute atomic E-state index is 11.8. The second-order valence-electron chi connectivity index (χ2n) is 5.24. The molecule has 126 valence electrons. The molecule has 0 aromatic heterocycles. The Morgan fingerprint density at radius 3 is 1.96 bits per heavy atom. The summed E-state index contributed by atoms with van der Waals surface area (Å²) in [5, 5.41) is 0.127. The van der Waals surface area contributed by atoms with E-state index in [2.05, 4.69) is 4.99 Å². The van der Waals surface area contributed by atoms with Crippen LogP contribution in [0.25, 0.3) is 0 Å². The third-order valence-corrected chi connectivity index (χ3v) is 4.66. The van der Waals surface area contributed by atoms with Gasteiger partial charge in [0, 0.05) is 0 Å². The number of benzene rings is 2. The first kappa shape index (κ1) is 18.5. The lowest BCUT2D eigenvalue weighted by atomic mass is 9.91. The number of carbonyl (C=O) groups is 1. The zero-order valence-electron chi connectivity index (χ0n) is 13.6. The molecule has 0 heterocycles. The van der Waals surface area contributed by atoms with E-state index in [1.807, 2.05) is 60.7 Å². The van der Waals surface area contributed by atoms with Gasteiger partial charge >= 0.3 is 5.97 Å². The Balaban J connectivity index is 2.49. The molecule has 3 nitrogen and oxygen atoms in total. The number of ether oxygens (including phenoxy) is 1. The number of alkyl halides is 1. The minimum atomic E-state index is -1.16. The highest BCUT2D eigenvalue weighted by Crippen LogP contribution is 2.39. The van der Waals surface area contributed by atoms with Crippen LogP contribution in [0.3, 0.4) is 0 Å². The number of hydrogen-bond donors (Lipinski definition) is 0. The van der Waals surface area contributed by atoms with Gasteiger partial charge in [0.25, 0.3) is 0 Å². The fraction of sp³-hybridized carbons (Fsp3) is 0.263. The van der Waals surface area contributed by atoms with Crippen molar-refractivity contribution in [3.05, 3.63) is 71.8 Å². The molecule has 0 aliphatic carbocycles. The van der Waals surface area contributed by atoms with Crippen LogP contribution in [0.15, 0.2) is 65.7 Å². The molecule has 0 amide bonds. The molecule has 1 atom stereocenters. The number of carbonyl (C=O) groups excluding carboxylic acids is 1. The zero-order chi connectivity index (χ0) is 17.6. The number of aliphatic imine (C=N–C) groups is 1. The Morgan fingerprint density at radius 2 is 1.54 bits per heavy atom. The van der Waals surface area contributed by atoms with Crippen molar-refractivity contribution in [3.8, 4) is 0 Å². The molecule has 24 heavy (non-hydrogen) atoms. The van der Waals surface area contributed by atoms with E-state index in [-0.39, 0.29) is 5.17 Å². The first-order chi connectivity index (χ1) is 11.5. The van der Waals surface area contributed by atoms with E-state index >= 15 is 0 Å². The van der Waals surface area contributed by atoms with Crippen molar-refractivity contribution in [1.82, 2.24) is 0 Å². The average molecular weight is 364 g/mol. The summed E-state index contributed by atoms with van der Waals surface area (Å²) in [6.45, 7) is 3.67. The summed E-state index contributed by atoms with van der Waals surface area (Å²) in [6, 6.07) is 18.1. The molecular weight excluding hydrogens is 345 g/mol. The molecule has 0 N–H and O–H groups in total. The van der Waals surface area contributed by atoms with E-state index in [0.717, 1.165) is 11.1 Å². The minimum Gasteiger partial charge on any atom is -0.464 e. The lowest BCUT2D eigenvalue weighted by Crippen LogP contribution is -2.30. The number of nitrogens with zero attached hydrogens (tertiary/aromatic N) is 1. The van der Waals surface area contributed by atoms with Gasteiger partial charge in [0.05, 0.1) is 6.61 Å². The van der Waals surface area contributed by atoms with Crippen LogP contribution >= 0.6 is 23.2 Å². The van der Waals surface area contributed by atoms with Crippen LogP contribution in [0.1, 0.15) is 25.0 Å². The molecule has 2 aromatic rings. The summed E-state index contributed by atoms with van der Waals surface area (Å²) < 4.78 is 4.98. The van der Waals surface area contributed by atoms with Crippen molar-refractivity contribution in [2.24, 2.45) is 4.99 Å². The van der Waals surface area contributed by atoms with Crippen LogP contribution in [0.2, 0.25) is 0 Å². The first-order valence-corrected chi connectivity index (χ1v) is 8.46. The van der Waals surface area contributed by atoms with Gasteiger partial charge in [-0.1, -0.05) is 72.3 Å². The third-order valence-electron chi connectivity index (χ3n) is 3.56. The second-order valence-corrected chi connectivity index (χ2v) is 6.16. The van der Waals surface area contributed by atoms with Crippen molar-refractivity contribution in [1.29, 1.82) is 0 Å². The Hall–Kier alpha value is -1.84. The Morgan fingerprint density at radius 1 is 1.08 bits per heavy atom. The predicted octanol–water partition coefficient (Wildman–Crippen LogP) is 4.76. The highest BCUT2D eigenvalue weighted by atomic mass is 35.5. The fourth-order valence-corrected chi connectivity index (χ4v) is 2.98. The van der Waals surface area contributed by atoms with E-state index in [1.165, 1.54) is 0 Å². The first-order valence-electron chi connectivity index (χ1n) is 7.70. The second kappa shape index (κ2) is 8.32. The van der Waals surface area contributed by atoms with Crippen LogP contribution in [-0.4, -0.2) is 23.8 Å². The highest BCUT2D eigenvalue weighted by Gasteiger charge is 2.37. The Kier molecular flexibility index (Phi) is 6.41. The van der Waals surface area contributed by atoms with Crippen molar-refractivity contribution in [2.75, 3.05) is 6.61 Å². The standard InChI is InChI=1S/C19H19Cl2NO2/c1-3-24-17(23)14(2)22-18(20)19(21,15-10-6-4-7-11-15)16-12-8-5-9-13-16/h4-14H,3H2,1-2H3. The van der Waals surface area contributed by atoms with Crippen LogP contribution in [0.4, 0.5) is 0 Å². The van der Waals surface area contributed by atoms with Crippen LogP contribution in [0, 0.1) is 0 Å². The molecular formula is C19H19Cl2NO2. The highest BCUT2D eigenvalue weighted by molar-refractivity contribution is 6.73. The number of halogens is 2. The van der Waals surface area contributed by atoms with Gasteiger partial charge in [0.15, 0.2) is 0 Å². The van der Waals surface area contributed by atoms with Crippen LogP contribution in [-0.2, 0) is 14.4 Å². The summed E-state index contributed by atoms with van der Waals surface area (Å²) in [7, 11) is 0. The molecule has 2 rings (SSSR count). The monoisotopic (exact) mass is 363 g/mol. The van der Waals surface area contributed by atoms with Gasteiger partial charge in [0.2, 0.25) is 0 Å². The number of hydrogen-bond acceptors (Lipinski definition) is 3. The third kappa shape index (κ3) is 3.97. The van der Waals surface area contributed by atoms with Crippen LogP contribution in [0.5, 0.6) is 0 Å². The van der Waals surface area contributed by atoms with E-state index in [0.29, 0.717) is 6.61 Å². The lowest BCUT2D eigenvalue weighted by Gasteiger charge is -2.27. The summed E-state index contributed by atoms with van der Waals surface area (Å²) in [5.41, 5.74) is 1.56. The number of esters is 1. The van der Waals surface area contributed by atoms with Gasteiger partial charge in [-0.25, -0.2) is 4.79 Å². The summed E-state index contributed by atoms with van der Waals surface area (Å²) >= 11 is 13.5. The maximum atomic E-state index is 11.8. The van der Waals surface area contributed by atoms with Gasteiger partial charge in [-0.3, -0.25) is 4.99 Å². The Bertz CT molecular complexity index is 662. The molecule has 0 radical (unpaired) electrons. The normalized spacial score (nSPS) is 13.4. The van der Waals surface area contributed by atoms with Gasteiger partial charge < -0.3 is 4.74 Å². The molecule has 1 unspecified atom stereocenters. The average Bonchev–Trinajstić information content (AvgIpc) is 2.62. The van der Waals surface area contributed by atoms with E-state index in [1.54, 1.807) is 13.8 Å². The summed E-state index contributed by atoms with van der Waals surface area (Å²) in [5.74, 6) is -0.434. The summed E-state index contributed by atoms with van der Waals surface area (Å²) in [6.07, 6.45) is 0. The zero-order valence-corrected chi connectivity index (χ0v) is 15.1. The molecule has 2 aromatic carbocycles. The molecule has 0 bridgehead atoms. The SMILES string of the molecule is CCOC(=O)C(C)N=C(Cl)C(Cl)(c1ccccc1)c1ccccc1. The summed E-state index contributed by atoms with van der Waals surface area (Å²) in [4.78, 5) is 15.0. The molecule has 0 spiro atoms. The molecule has 5 heteroatoms. The van der Waals surface area contributed by atoms with E-state index in [9.17, 15) is 4.79 Å². The van der Waals surface area contributed by atoms with Crippen molar-refractivity contribution >= 4 is 34.3 Å². The lowest BCUT2D eigenvalue weighted by molar-refractivity contribution is -0.144. The predicted molar refractivity (Wildman–Crippen MR) is 98.9 cm³/mol. The van der Waals surface area contributed by atoms with Crippen molar-refractivity contribution in [2.45, 2.75) is 24.8 Å². The molecule has 0 saturated carbocycles. The molecule has 0 saturated heterocycles. The van der Waals surface area contributed by atoms with Gasteiger partial charge in [-0.2, -0.15) is 0 Å². The quantitative estimate of drug-likeness (QED) is 0.421. The minimum absolute atomic E-state index is 0.127. The molecule has 0 aliphatic rings.